The Balaban J connectivity index is 2.47. The monoisotopic (exact) mass is 324 g/mol. The number of aromatic amines is 1. The summed E-state index contributed by atoms with van der Waals surface area (Å²) in [5, 5.41) is 8.86. The van der Waals surface area contributed by atoms with Gasteiger partial charge in [-0.2, -0.15) is 0 Å². The van der Waals surface area contributed by atoms with E-state index in [-0.39, 0.29) is 16.6 Å². The maximum atomic E-state index is 12.2. The zero-order chi connectivity index (χ0) is 16.3. The lowest BCUT2D eigenvalue weighted by Gasteiger charge is -2.12. The molecule has 118 valence electrons. The van der Waals surface area contributed by atoms with E-state index in [2.05, 4.69) is 9.97 Å². The maximum absolute atomic E-state index is 12.2. The first-order valence-corrected chi connectivity index (χ1v) is 7.50. The number of ether oxygens (including phenoxy) is 2. The van der Waals surface area contributed by atoms with Crippen molar-refractivity contribution in [3.8, 4) is 11.5 Å². The molecule has 0 spiro atoms. The number of methoxy groups -OCH3 is 2. The van der Waals surface area contributed by atoms with E-state index in [1.165, 1.54) is 26.0 Å². The Morgan fingerprint density at radius 3 is 2.59 bits per heavy atom. The second kappa shape index (κ2) is 6.69. The molecule has 0 saturated carbocycles. The van der Waals surface area contributed by atoms with E-state index in [1.807, 2.05) is 0 Å². The number of nitrogens with zero attached hydrogens (tertiary/aromatic N) is 1. The molecule has 8 heteroatoms. The number of benzene rings is 1. The summed E-state index contributed by atoms with van der Waals surface area (Å²) in [5.41, 5.74) is 0.169. The number of aliphatic carboxylic acids is 1. The molecule has 0 aliphatic heterocycles. The molecule has 2 aromatic rings. The minimum absolute atomic E-state index is 0.0607. The summed E-state index contributed by atoms with van der Waals surface area (Å²) >= 11 is 1.18. The number of hydrogen-bond acceptors (Lipinski definition) is 6. The van der Waals surface area contributed by atoms with Crippen LogP contribution in [0.1, 0.15) is 18.0 Å². The highest BCUT2D eigenvalue weighted by atomic mass is 32.2. The Hall–Kier alpha value is -2.22. The molecule has 2 rings (SSSR count). The van der Waals surface area contributed by atoms with Gasteiger partial charge in [0.25, 0.3) is 5.56 Å². The minimum atomic E-state index is -0.911. The van der Waals surface area contributed by atoms with Gasteiger partial charge in [0, 0.05) is 6.07 Å². The molecule has 1 atom stereocenters. The molecular formula is C14H16N2O5S. The molecule has 0 unspecified atom stereocenters. The Bertz CT molecular complexity index is 759. The Morgan fingerprint density at radius 1 is 1.36 bits per heavy atom. The number of thioether (sulfide) groups is 1. The van der Waals surface area contributed by atoms with E-state index in [0.29, 0.717) is 28.2 Å². The van der Waals surface area contributed by atoms with Crippen molar-refractivity contribution in [3.63, 3.8) is 0 Å². The SMILES string of the molecule is COc1cc2nc([C@@H](C)SCC(=O)O)[nH]c(=O)c2cc1OC. The summed E-state index contributed by atoms with van der Waals surface area (Å²) < 4.78 is 10.4. The summed E-state index contributed by atoms with van der Waals surface area (Å²) in [4.78, 5) is 29.9. The lowest BCUT2D eigenvalue weighted by molar-refractivity contribution is -0.133. The van der Waals surface area contributed by atoms with Crippen LogP contribution in [0.5, 0.6) is 11.5 Å². The largest absolute Gasteiger partial charge is 0.493 e. The summed E-state index contributed by atoms with van der Waals surface area (Å²) in [5.74, 6) is 0.380. The molecule has 0 amide bonds. The predicted octanol–water partition coefficient (Wildman–Crippen LogP) is 1.82. The third kappa shape index (κ3) is 3.33. The number of carboxylic acid groups (broad SMARTS) is 1. The molecule has 0 aliphatic carbocycles. The van der Waals surface area contributed by atoms with Gasteiger partial charge in [-0.25, -0.2) is 4.98 Å². The highest BCUT2D eigenvalue weighted by Crippen LogP contribution is 2.31. The molecule has 0 saturated heterocycles. The van der Waals surface area contributed by atoms with Crippen LogP contribution in [0.15, 0.2) is 16.9 Å². The molecular weight excluding hydrogens is 308 g/mol. The molecule has 1 aromatic heterocycles. The summed E-state index contributed by atoms with van der Waals surface area (Å²) in [6, 6.07) is 3.19. The molecule has 2 N–H and O–H groups in total. The third-order valence-corrected chi connectivity index (χ3v) is 4.21. The van der Waals surface area contributed by atoms with Crippen molar-refractivity contribution in [1.82, 2.24) is 9.97 Å². The number of carbonyl (C=O) groups is 1. The van der Waals surface area contributed by atoms with Crippen LogP contribution in [0.3, 0.4) is 0 Å². The quantitative estimate of drug-likeness (QED) is 0.835. The number of nitrogens with one attached hydrogen (secondary N) is 1. The fourth-order valence-electron chi connectivity index (χ4n) is 1.95. The summed E-state index contributed by atoms with van der Waals surface area (Å²) in [6.07, 6.45) is 0. The first-order valence-electron chi connectivity index (χ1n) is 6.45. The average Bonchev–Trinajstić information content (AvgIpc) is 2.51. The van der Waals surface area contributed by atoms with Crippen molar-refractivity contribution in [2.45, 2.75) is 12.2 Å². The van der Waals surface area contributed by atoms with Crippen LogP contribution in [-0.4, -0.2) is 41.0 Å². The zero-order valence-electron chi connectivity index (χ0n) is 12.4. The first kappa shape index (κ1) is 16.2. The van der Waals surface area contributed by atoms with Gasteiger partial charge in [0.05, 0.1) is 36.1 Å². The van der Waals surface area contributed by atoms with Crippen LogP contribution in [0, 0.1) is 0 Å². The van der Waals surface area contributed by atoms with Gasteiger partial charge in [-0.3, -0.25) is 9.59 Å². The maximum Gasteiger partial charge on any atom is 0.313 e. The number of hydrogen-bond donors (Lipinski definition) is 2. The fraction of sp³-hybridized carbons (Fsp3) is 0.357. The van der Waals surface area contributed by atoms with E-state index in [9.17, 15) is 9.59 Å². The second-order valence-corrected chi connectivity index (χ2v) is 5.85. The van der Waals surface area contributed by atoms with Crippen LogP contribution in [0.4, 0.5) is 0 Å². The van der Waals surface area contributed by atoms with Crippen LogP contribution in [-0.2, 0) is 4.79 Å². The lowest BCUT2D eigenvalue weighted by Crippen LogP contribution is -2.14. The van der Waals surface area contributed by atoms with Crippen molar-refractivity contribution >= 4 is 28.6 Å². The predicted molar refractivity (Wildman–Crippen MR) is 84.0 cm³/mol. The number of aromatic nitrogens is 2. The van der Waals surface area contributed by atoms with Crippen LogP contribution in [0.2, 0.25) is 0 Å². The van der Waals surface area contributed by atoms with Crippen LogP contribution < -0.4 is 15.0 Å². The smallest absolute Gasteiger partial charge is 0.313 e. The highest BCUT2D eigenvalue weighted by Gasteiger charge is 2.15. The van der Waals surface area contributed by atoms with E-state index in [1.54, 1.807) is 19.1 Å². The van der Waals surface area contributed by atoms with Crippen molar-refractivity contribution in [2.24, 2.45) is 0 Å². The fourth-order valence-corrected chi connectivity index (χ4v) is 2.61. The van der Waals surface area contributed by atoms with Crippen LogP contribution >= 0.6 is 11.8 Å². The zero-order valence-corrected chi connectivity index (χ0v) is 13.2. The van der Waals surface area contributed by atoms with Gasteiger partial charge in [-0.15, -0.1) is 11.8 Å². The molecule has 1 heterocycles. The van der Waals surface area contributed by atoms with Gasteiger partial charge in [-0.05, 0) is 13.0 Å². The summed E-state index contributed by atoms with van der Waals surface area (Å²) in [6.45, 7) is 1.79. The van der Waals surface area contributed by atoms with Gasteiger partial charge in [0.15, 0.2) is 11.5 Å². The van der Waals surface area contributed by atoms with Crippen LogP contribution in [0.25, 0.3) is 10.9 Å². The normalized spacial score (nSPS) is 12.1. The standard InChI is InChI=1S/C14H16N2O5S/c1-7(22-6-12(17)18)13-15-9-5-11(21-3)10(20-2)4-8(9)14(19)16-13/h4-5,7H,6H2,1-3H3,(H,17,18)(H,15,16,19)/t7-/m1/s1. The van der Waals surface area contributed by atoms with Crippen molar-refractivity contribution in [1.29, 1.82) is 0 Å². The van der Waals surface area contributed by atoms with E-state index in [4.69, 9.17) is 14.6 Å². The Morgan fingerprint density at radius 2 is 2.00 bits per heavy atom. The Labute approximate surface area is 130 Å². The number of rotatable bonds is 6. The molecule has 0 fully saturated rings. The van der Waals surface area contributed by atoms with Crippen molar-refractivity contribution in [2.75, 3.05) is 20.0 Å². The molecule has 0 bridgehead atoms. The third-order valence-electron chi connectivity index (χ3n) is 3.07. The van der Waals surface area contributed by atoms with Gasteiger partial charge in [0.2, 0.25) is 0 Å². The van der Waals surface area contributed by atoms with E-state index in [0.717, 1.165) is 0 Å². The van der Waals surface area contributed by atoms with Gasteiger partial charge in [0.1, 0.15) is 5.82 Å². The van der Waals surface area contributed by atoms with Crippen molar-refractivity contribution < 1.29 is 19.4 Å². The highest BCUT2D eigenvalue weighted by molar-refractivity contribution is 8.00. The topological polar surface area (TPSA) is 102 Å². The Kier molecular flexibility index (Phi) is 4.92. The van der Waals surface area contributed by atoms with E-state index >= 15 is 0 Å². The number of carboxylic acids is 1. The van der Waals surface area contributed by atoms with Gasteiger partial charge in [-0.1, -0.05) is 0 Å². The van der Waals surface area contributed by atoms with E-state index < -0.39 is 5.97 Å². The molecule has 0 aliphatic rings. The average molecular weight is 324 g/mol. The molecule has 0 radical (unpaired) electrons. The summed E-state index contributed by atoms with van der Waals surface area (Å²) in [7, 11) is 2.99. The van der Waals surface area contributed by atoms with Gasteiger partial charge < -0.3 is 19.6 Å². The minimum Gasteiger partial charge on any atom is -0.493 e. The molecule has 7 nitrogen and oxygen atoms in total. The number of H-pyrrole nitrogens is 1. The lowest BCUT2D eigenvalue weighted by atomic mass is 10.2. The molecule has 22 heavy (non-hydrogen) atoms. The van der Waals surface area contributed by atoms with Gasteiger partial charge >= 0.3 is 5.97 Å². The second-order valence-electron chi connectivity index (χ2n) is 4.52. The first-order chi connectivity index (χ1) is 10.5. The van der Waals surface area contributed by atoms with Crippen molar-refractivity contribution in [3.05, 3.63) is 28.3 Å². The number of fused-ring (bicyclic) bond motifs is 1. The molecule has 1 aromatic carbocycles.